The van der Waals surface area contributed by atoms with Gasteiger partial charge in [0.25, 0.3) is 5.91 Å². The first kappa shape index (κ1) is 20.6. The van der Waals surface area contributed by atoms with Gasteiger partial charge in [-0.15, -0.1) is 0 Å². The quantitative estimate of drug-likeness (QED) is 0.510. The van der Waals surface area contributed by atoms with Gasteiger partial charge < -0.3 is 19.5 Å². The minimum absolute atomic E-state index is 0.101. The number of carbonyl (C=O) groups excluding carboxylic acids is 1. The monoisotopic (exact) mass is 450 g/mol. The lowest BCUT2D eigenvalue weighted by molar-refractivity contribution is -0.112. The number of carbonyl (C=O) groups is 1. The number of hydrogen-bond acceptors (Lipinski definition) is 5. The zero-order chi connectivity index (χ0) is 20.0. The van der Waals surface area contributed by atoms with E-state index in [1.807, 2.05) is 6.07 Å². The molecule has 0 bridgehead atoms. The van der Waals surface area contributed by atoms with E-state index in [1.54, 1.807) is 30.3 Å². The first-order valence-corrected chi connectivity index (χ1v) is 8.78. The predicted molar refractivity (Wildman–Crippen MR) is 107 cm³/mol. The van der Waals surface area contributed by atoms with Crippen molar-refractivity contribution in [3.8, 4) is 23.3 Å². The summed E-state index contributed by atoms with van der Waals surface area (Å²) in [6, 6.07) is 10.1. The molecule has 0 saturated heterocycles. The summed E-state index contributed by atoms with van der Waals surface area (Å²) in [6.07, 6.45) is 1.44. The van der Waals surface area contributed by atoms with Gasteiger partial charge in [0.15, 0.2) is 11.5 Å². The molecule has 8 heteroatoms. The highest BCUT2D eigenvalue weighted by Gasteiger charge is 2.15. The molecule has 27 heavy (non-hydrogen) atoms. The standard InChI is InChI=1S/C19H16BrClN2O4/c1-25-16-5-4-13(21)9-15(16)23-19(24)12(10-22)6-11-7-14(20)18(27-3)17(8-11)26-2/h4-9H,1-3H3,(H,23,24)/b12-6+. The van der Waals surface area contributed by atoms with Crippen LogP contribution in [0, 0.1) is 11.3 Å². The zero-order valence-corrected chi connectivity index (χ0v) is 17.1. The first-order chi connectivity index (χ1) is 12.9. The summed E-state index contributed by atoms with van der Waals surface area (Å²) < 4.78 is 16.3. The lowest BCUT2D eigenvalue weighted by atomic mass is 10.1. The number of ether oxygens (including phenoxy) is 3. The summed E-state index contributed by atoms with van der Waals surface area (Å²) in [5.41, 5.74) is 0.852. The number of nitrogens with zero attached hydrogens (tertiary/aromatic N) is 1. The van der Waals surface area contributed by atoms with E-state index in [1.165, 1.54) is 27.4 Å². The average molecular weight is 452 g/mol. The van der Waals surface area contributed by atoms with Gasteiger partial charge in [0.2, 0.25) is 0 Å². The second-order valence-electron chi connectivity index (χ2n) is 5.21. The van der Waals surface area contributed by atoms with Crippen molar-refractivity contribution in [3.63, 3.8) is 0 Å². The molecule has 0 heterocycles. The molecular formula is C19H16BrClN2O4. The fourth-order valence-corrected chi connectivity index (χ4v) is 3.10. The highest BCUT2D eigenvalue weighted by Crippen LogP contribution is 2.37. The topological polar surface area (TPSA) is 80.6 Å². The van der Waals surface area contributed by atoms with E-state index in [2.05, 4.69) is 21.2 Å². The Morgan fingerprint density at radius 1 is 1.15 bits per heavy atom. The number of nitrogens with one attached hydrogen (secondary N) is 1. The van der Waals surface area contributed by atoms with E-state index in [4.69, 9.17) is 25.8 Å². The maximum Gasteiger partial charge on any atom is 0.266 e. The number of rotatable bonds is 6. The number of benzene rings is 2. The van der Waals surface area contributed by atoms with Gasteiger partial charge in [-0.3, -0.25) is 4.79 Å². The van der Waals surface area contributed by atoms with Gasteiger partial charge in [-0.25, -0.2) is 0 Å². The molecule has 0 saturated carbocycles. The largest absolute Gasteiger partial charge is 0.495 e. The zero-order valence-electron chi connectivity index (χ0n) is 14.8. The van der Waals surface area contributed by atoms with Gasteiger partial charge in [0.1, 0.15) is 17.4 Å². The molecule has 0 fully saturated rings. The van der Waals surface area contributed by atoms with Crippen molar-refractivity contribution in [3.05, 3.63) is 51.0 Å². The van der Waals surface area contributed by atoms with Crippen LogP contribution in [0.15, 0.2) is 40.4 Å². The van der Waals surface area contributed by atoms with E-state index in [9.17, 15) is 10.1 Å². The lowest BCUT2D eigenvalue weighted by Gasteiger charge is -2.11. The molecule has 0 aliphatic rings. The molecule has 0 unspecified atom stereocenters. The number of hydrogen-bond donors (Lipinski definition) is 1. The van der Waals surface area contributed by atoms with Gasteiger partial charge in [-0.1, -0.05) is 11.6 Å². The Kier molecular flexibility index (Phi) is 7.11. The van der Waals surface area contributed by atoms with Crippen LogP contribution in [0.2, 0.25) is 5.02 Å². The van der Waals surface area contributed by atoms with Crippen molar-refractivity contribution in [1.82, 2.24) is 0 Å². The van der Waals surface area contributed by atoms with E-state index in [0.717, 1.165) is 0 Å². The molecule has 0 spiro atoms. The third kappa shape index (κ3) is 4.94. The molecule has 2 aromatic carbocycles. The summed E-state index contributed by atoms with van der Waals surface area (Å²) in [4.78, 5) is 12.5. The third-order valence-electron chi connectivity index (χ3n) is 3.54. The van der Waals surface area contributed by atoms with Crippen LogP contribution in [0.1, 0.15) is 5.56 Å². The summed E-state index contributed by atoms with van der Waals surface area (Å²) in [5.74, 6) is 0.816. The van der Waals surface area contributed by atoms with Crippen LogP contribution < -0.4 is 19.5 Å². The normalized spacial score (nSPS) is 10.7. The van der Waals surface area contributed by atoms with Crippen LogP contribution >= 0.6 is 27.5 Å². The number of nitriles is 1. The Morgan fingerprint density at radius 3 is 2.44 bits per heavy atom. The van der Waals surface area contributed by atoms with Crippen molar-refractivity contribution in [2.24, 2.45) is 0 Å². The maximum atomic E-state index is 12.5. The summed E-state index contributed by atoms with van der Waals surface area (Å²) >= 11 is 9.34. The van der Waals surface area contributed by atoms with Crippen LogP contribution in [0.5, 0.6) is 17.2 Å². The molecule has 1 amide bonds. The number of halogens is 2. The molecule has 0 atom stereocenters. The molecule has 6 nitrogen and oxygen atoms in total. The summed E-state index contributed by atoms with van der Waals surface area (Å²) in [7, 11) is 4.49. The summed E-state index contributed by atoms with van der Waals surface area (Å²) in [5, 5.41) is 12.5. The van der Waals surface area contributed by atoms with E-state index in [0.29, 0.717) is 38.0 Å². The molecule has 2 rings (SSSR count). The maximum absolute atomic E-state index is 12.5. The van der Waals surface area contributed by atoms with Gasteiger partial charge in [-0.2, -0.15) is 5.26 Å². The Bertz CT molecular complexity index is 938. The van der Waals surface area contributed by atoms with Gasteiger partial charge >= 0.3 is 0 Å². The second-order valence-corrected chi connectivity index (χ2v) is 6.50. The van der Waals surface area contributed by atoms with Crippen LogP contribution in [0.25, 0.3) is 6.08 Å². The Labute approximate surface area is 170 Å². The molecular weight excluding hydrogens is 436 g/mol. The minimum atomic E-state index is -0.594. The summed E-state index contributed by atoms with van der Waals surface area (Å²) in [6.45, 7) is 0. The van der Waals surface area contributed by atoms with Gasteiger partial charge in [-0.05, 0) is 57.9 Å². The lowest BCUT2D eigenvalue weighted by Crippen LogP contribution is -2.14. The molecule has 0 aliphatic carbocycles. The van der Waals surface area contributed by atoms with E-state index in [-0.39, 0.29) is 5.57 Å². The van der Waals surface area contributed by atoms with Crippen LogP contribution in [0.4, 0.5) is 5.69 Å². The van der Waals surface area contributed by atoms with Crippen molar-refractivity contribution >= 4 is 45.2 Å². The Balaban J connectivity index is 2.37. The molecule has 140 valence electrons. The van der Waals surface area contributed by atoms with E-state index < -0.39 is 5.91 Å². The van der Waals surface area contributed by atoms with Crippen LogP contribution in [-0.4, -0.2) is 27.2 Å². The van der Waals surface area contributed by atoms with Crippen molar-refractivity contribution in [2.45, 2.75) is 0 Å². The molecule has 0 aromatic heterocycles. The molecule has 2 aromatic rings. The number of methoxy groups -OCH3 is 3. The highest BCUT2D eigenvalue weighted by atomic mass is 79.9. The minimum Gasteiger partial charge on any atom is -0.495 e. The SMILES string of the molecule is COc1ccc(Cl)cc1NC(=O)/C(C#N)=C/c1cc(Br)c(OC)c(OC)c1. The van der Waals surface area contributed by atoms with E-state index >= 15 is 0 Å². The van der Waals surface area contributed by atoms with Crippen molar-refractivity contribution < 1.29 is 19.0 Å². The van der Waals surface area contributed by atoms with Crippen LogP contribution in [0.3, 0.4) is 0 Å². The first-order valence-electron chi connectivity index (χ1n) is 7.61. The molecule has 1 N–H and O–H groups in total. The number of anilines is 1. The van der Waals surface area contributed by atoms with Crippen molar-refractivity contribution in [2.75, 3.05) is 26.6 Å². The van der Waals surface area contributed by atoms with Gasteiger partial charge in [0, 0.05) is 5.02 Å². The Hall–Kier alpha value is -2.69. The highest BCUT2D eigenvalue weighted by molar-refractivity contribution is 9.10. The Morgan fingerprint density at radius 2 is 1.85 bits per heavy atom. The molecule has 0 aliphatic heterocycles. The predicted octanol–water partition coefficient (Wildman–Crippen LogP) is 4.67. The second kappa shape index (κ2) is 9.31. The van der Waals surface area contributed by atoms with Crippen LogP contribution in [-0.2, 0) is 4.79 Å². The van der Waals surface area contributed by atoms with Crippen molar-refractivity contribution in [1.29, 1.82) is 5.26 Å². The van der Waals surface area contributed by atoms with Gasteiger partial charge in [0.05, 0.1) is 31.5 Å². The fourth-order valence-electron chi connectivity index (χ4n) is 2.30. The molecule has 0 radical (unpaired) electrons. The average Bonchev–Trinajstić information content (AvgIpc) is 2.65. The fraction of sp³-hybridized carbons (Fsp3) is 0.158. The number of amides is 1. The third-order valence-corrected chi connectivity index (χ3v) is 4.37. The smallest absolute Gasteiger partial charge is 0.266 e.